The summed E-state index contributed by atoms with van der Waals surface area (Å²) in [6.45, 7) is 4.37. The lowest BCUT2D eigenvalue weighted by atomic mass is 10.2. The number of morpholine rings is 1. The number of hydrogen-bond acceptors (Lipinski definition) is 5. The molecule has 33 heavy (non-hydrogen) atoms. The van der Waals surface area contributed by atoms with Crippen molar-refractivity contribution in [3.63, 3.8) is 0 Å². The van der Waals surface area contributed by atoms with Gasteiger partial charge in [0.05, 0.1) is 13.2 Å². The smallest absolute Gasteiger partial charge is 0.278 e. The van der Waals surface area contributed by atoms with E-state index < -0.39 is 0 Å². The van der Waals surface area contributed by atoms with E-state index >= 15 is 0 Å². The molecule has 1 aliphatic heterocycles. The van der Waals surface area contributed by atoms with Crippen LogP contribution in [0.25, 0.3) is 0 Å². The Hall–Kier alpha value is -0.490. The van der Waals surface area contributed by atoms with Crippen LogP contribution in [0.5, 0.6) is 0 Å². The minimum atomic E-state index is -0.142. The van der Waals surface area contributed by atoms with E-state index in [0.29, 0.717) is 26.3 Å². The molecule has 1 saturated heterocycles. The number of nitrogens with zero attached hydrogens (tertiary/aromatic N) is 3. The molecule has 0 atom stereocenters. The van der Waals surface area contributed by atoms with E-state index in [4.69, 9.17) is 4.74 Å². The molecule has 10 heteroatoms. The zero-order valence-electron chi connectivity index (χ0n) is 17.8. The normalized spacial score (nSPS) is 13.8. The van der Waals surface area contributed by atoms with E-state index in [1.807, 2.05) is 30.5 Å². The van der Waals surface area contributed by atoms with Crippen LogP contribution < -0.4 is 5.56 Å². The van der Waals surface area contributed by atoms with Crippen LogP contribution in [0.3, 0.4) is 0 Å². The summed E-state index contributed by atoms with van der Waals surface area (Å²) in [4.78, 5) is 19.5. The van der Waals surface area contributed by atoms with Gasteiger partial charge in [0.2, 0.25) is 0 Å². The van der Waals surface area contributed by atoms with Gasteiger partial charge in [0, 0.05) is 52.6 Å². The molecule has 0 aliphatic carbocycles. The molecule has 1 aromatic heterocycles. The summed E-state index contributed by atoms with van der Waals surface area (Å²) in [5, 5.41) is 0.738. The fourth-order valence-electron chi connectivity index (χ4n) is 3.37. The summed E-state index contributed by atoms with van der Waals surface area (Å²) in [5.74, 6) is 0.753. The number of benzene rings is 2. The molecule has 0 N–H and O–H groups in total. The van der Waals surface area contributed by atoms with Gasteiger partial charge in [-0.15, -0.1) is 34.0 Å². The first kappa shape index (κ1) is 28.7. The molecule has 1 fully saturated rings. The molecule has 0 spiro atoms. The number of hydrogen-bond donors (Lipinski definition) is 0. The minimum Gasteiger partial charge on any atom is -0.379 e. The Bertz CT molecular complexity index is 1070. The molecule has 1 aliphatic rings. The number of halogens is 4. The molecule has 4 rings (SSSR count). The zero-order valence-corrected chi connectivity index (χ0v) is 25.2. The second kappa shape index (κ2) is 14.2. The van der Waals surface area contributed by atoms with Crippen molar-refractivity contribution in [3.8, 4) is 0 Å². The topological polar surface area (TPSA) is 47.4 Å². The average Bonchev–Trinajstić information content (AvgIpc) is 2.78. The Morgan fingerprint density at radius 2 is 1.45 bits per heavy atom. The van der Waals surface area contributed by atoms with Gasteiger partial charge in [-0.2, -0.15) is 4.98 Å². The van der Waals surface area contributed by atoms with Gasteiger partial charge < -0.3 is 9.30 Å². The van der Waals surface area contributed by atoms with Crippen molar-refractivity contribution in [1.29, 1.82) is 0 Å². The Kier molecular flexibility index (Phi) is 12.3. The summed E-state index contributed by atoms with van der Waals surface area (Å²) in [7, 11) is 0. The van der Waals surface area contributed by atoms with E-state index in [-0.39, 0.29) is 39.5 Å². The summed E-state index contributed by atoms with van der Waals surface area (Å²) in [6, 6.07) is 16.5. The Balaban J connectivity index is 0.00000193. The van der Waals surface area contributed by atoms with E-state index in [1.54, 1.807) is 11.8 Å². The van der Waals surface area contributed by atoms with Crippen molar-refractivity contribution in [2.75, 3.05) is 26.3 Å². The highest BCUT2D eigenvalue weighted by Gasteiger charge is 2.16. The molecule has 0 radical (unpaired) electrons. The maximum absolute atomic E-state index is 12.8. The third-order valence-electron chi connectivity index (χ3n) is 5.07. The standard InChI is InChI=1S/C23H23Br2N3O2S.2BrH/c24-20-5-1-17(2-6-20)13-28-15-19(14-27-9-11-30-12-10-27)22(29)26-23(28)31-16-18-3-7-21(25)8-4-18;;/h1-8,15H,9-14,16H2;2*1H. The van der Waals surface area contributed by atoms with Crippen molar-refractivity contribution < 1.29 is 4.74 Å². The maximum atomic E-state index is 12.8. The lowest BCUT2D eigenvalue weighted by Gasteiger charge is -2.26. The quantitative estimate of drug-likeness (QED) is 0.218. The van der Waals surface area contributed by atoms with Crippen LogP contribution in [0.4, 0.5) is 0 Å². The van der Waals surface area contributed by atoms with Gasteiger partial charge in [-0.3, -0.25) is 9.69 Å². The van der Waals surface area contributed by atoms with Crippen molar-refractivity contribution in [1.82, 2.24) is 14.5 Å². The molecule has 3 aromatic rings. The lowest BCUT2D eigenvalue weighted by molar-refractivity contribution is 0.0339. The Labute approximate surface area is 236 Å². The Morgan fingerprint density at radius 1 is 0.879 bits per heavy atom. The summed E-state index contributed by atoms with van der Waals surface area (Å²) >= 11 is 8.56. The van der Waals surface area contributed by atoms with Crippen LogP contribution in [0.2, 0.25) is 0 Å². The highest BCUT2D eigenvalue weighted by atomic mass is 79.9. The van der Waals surface area contributed by atoms with Crippen LogP contribution in [-0.4, -0.2) is 40.8 Å². The number of thioether (sulfide) groups is 1. The SMILES string of the molecule is Br.Br.O=c1nc(SCc2ccc(Br)cc2)n(Cc2ccc(Br)cc2)cc1CN1CCOCC1. The van der Waals surface area contributed by atoms with Gasteiger partial charge in [0.1, 0.15) is 0 Å². The summed E-state index contributed by atoms with van der Waals surface area (Å²) < 4.78 is 9.63. The van der Waals surface area contributed by atoms with Gasteiger partial charge in [-0.25, -0.2) is 0 Å². The van der Waals surface area contributed by atoms with Crippen molar-refractivity contribution in [3.05, 3.63) is 90.7 Å². The average molecular weight is 727 g/mol. The monoisotopic (exact) mass is 723 g/mol. The minimum absolute atomic E-state index is 0. The largest absolute Gasteiger partial charge is 0.379 e. The molecule has 0 bridgehead atoms. The van der Waals surface area contributed by atoms with Gasteiger partial charge in [0.25, 0.3) is 5.56 Å². The number of aromatic nitrogens is 2. The molecular formula is C23H25Br4N3O2S. The lowest BCUT2D eigenvalue weighted by Crippen LogP contribution is -2.37. The first-order valence-corrected chi connectivity index (χ1v) is 12.7. The summed E-state index contributed by atoms with van der Waals surface area (Å²) in [5.41, 5.74) is 2.94. The van der Waals surface area contributed by atoms with Crippen molar-refractivity contribution in [2.45, 2.75) is 24.0 Å². The van der Waals surface area contributed by atoms with Gasteiger partial charge >= 0.3 is 0 Å². The predicted octanol–water partition coefficient (Wildman–Crippen LogP) is 6.10. The fourth-order valence-corrected chi connectivity index (χ4v) is 4.82. The molecular weight excluding hydrogens is 702 g/mol. The van der Waals surface area contributed by atoms with E-state index in [9.17, 15) is 4.79 Å². The molecule has 0 amide bonds. The predicted molar refractivity (Wildman–Crippen MR) is 152 cm³/mol. The van der Waals surface area contributed by atoms with E-state index in [1.165, 1.54) is 5.56 Å². The van der Waals surface area contributed by atoms with Gasteiger partial charge in [0.15, 0.2) is 5.16 Å². The maximum Gasteiger partial charge on any atom is 0.278 e. The van der Waals surface area contributed by atoms with Crippen molar-refractivity contribution in [2.24, 2.45) is 0 Å². The zero-order chi connectivity index (χ0) is 21.6. The number of ether oxygens (including phenoxy) is 1. The highest BCUT2D eigenvalue weighted by Crippen LogP contribution is 2.23. The van der Waals surface area contributed by atoms with Crippen LogP contribution >= 0.6 is 77.6 Å². The van der Waals surface area contributed by atoms with Crippen LogP contribution in [0.1, 0.15) is 16.7 Å². The highest BCUT2D eigenvalue weighted by molar-refractivity contribution is 9.10. The molecule has 0 saturated carbocycles. The third kappa shape index (κ3) is 8.59. The first-order valence-electron chi connectivity index (χ1n) is 10.1. The van der Waals surface area contributed by atoms with Gasteiger partial charge in [-0.1, -0.05) is 67.9 Å². The van der Waals surface area contributed by atoms with Crippen LogP contribution in [0, 0.1) is 0 Å². The van der Waals surface area contributed by atoms with E-state index in [0.717, 1.165) is 44.1 Å². The first-order chi connectivity index (χ1) is 15.1. The second-order valence-electron chi connectivity index (χ2n) is 7.41. The second-order valence-corrected chi connectivity index (χ2v) is 10.2. The van der Waals surface area contributed by atoms with E-state index in [2.05, 4.69) is 70.6 Å². The van der Waals surface area contributed by atoms with Crippen molar-refractivity contribution >= 4 is 77.6 Å². The third-order valence-corrected chi connectivity index (χ3v) is 7.19. The summed E-state index contributed by atoms with van der Waals surface area (Å²) in [6.07, 6.45) is 1.98. The Morgan fingerprint density at radius 3 is 2.06 bits per heavy atom. The van der Waals surface area contributed by atoms with Crippen LogP contribution in [0.15, 0.2) is 73.6 Å². The molecule has 2 aromatic carbocycles. The van der Waals surface area contributed by atoms with Gasteiger partial charge in [-0.05, 0) is 35.4 Å². The fraction of sp³-hybridized carbons (Fsp3) is 0.304. The molecule has 0 unspecified atom stereocenters. The molecule has 5 nitrogen and oxygen atoms in total. The molecule has 2 heterocycles. The number of rotatable bonds is 7. The molecule has 178 valence electrons. The van der Waals surface area contributed by atoms with Crippen LogP contribution in [-0.2, 0) is 23.6 Å².